The number of rotatable bonds is 4. The Kier molecular flexibility index (Phi) is 5.81. The molecule has 2 aromatic rings. The third-order valence-electron chi connectivity index (χ3n) is 4.63. The summed E-state index contributed by atoms with van der Waals surface area (Å²) in [5.74, 6) is -0.731. The zero-order chi connectivity index (χ0) is 19.4. The molecule has 3 rings (SSSR count). The summed E-state index contributed by atoms with van der Waals surface area (Å²) < 4.78 is 4.95. The maximum absolute atomic E-state index is 12.5. The van der Waals surface area contributed by atoms with Crippen LogP contribution in [0.3, 0.4) is 0 Å². The number of anilines is 1. The van der Waals surface area contributed by atoms with E-state index in [1.165, 1.54) is 19.6 Å². The van der Waals surface area contributed by atoms with Crippen molar-refractivity contribution < 1.29 is 18.8 Å². The molecule has 2 heterocycles. The fourth-order valence-electron chi connectivity index (χ4n) is 3.07. The van der Waals surface area contributed by atoms with Gasteiger partial charge in [0.2, 0.25) is 5.91 Å². The van der Waals surface area contributed by atoms with Crippen LogP contribution in [0.1, 0.15) is 33.6 Å². The van der Waals surface area contributed by atoms with E-state index in [0.29, 0.717) is 47.8 Å². The van der Waals surface area contributed by atoms with Crippen LogP contribution in [0, 0.1) is 5.92 Å². The molecule has 1 fully saturated rings. The minimum absolute atomic E-state index is 0.0875. The van der Waals surface area contributed by atoms with Gasteiger partial charge in [-0.1, -0.05) is 11.6 Å². The highest BCUT2D eigenvalue weighted by molar-refractivity contribution is 6.34. The van der Waals surface area contributed by atoms with Gasteiger partial charge in [0.25, 0.3) is 11.8 Å². The van der Waals surface area contributed by atoms with Gasteiger partial charge in [-0.2, -0.15) is 0 Å². The first-order chi connectivity index (χ1) is 13.0. The highest BCUT2D eigenvalue weighted by atomic mass is 35.5. The van der Waals surface area contributed by atoms with Gasteiger partial charge in [-0.3, -0.25) is 14.4 Å². The first-order valence-corrected chi connectivity index (χ1v) is 9.01. The second-order valence-corrected chi connectivity index (χ2v) is 6.75. The van der Waals surface area contributed by atoms with Crippen molar-refractivity contribution in [2.24, 2.45) is 5.92 Å². The zero-order valence-electron chi connectivity index (χ0n) is 14.8. The Morgan fingerprint density at radius 2 is 1.93 bits per heavy atom. The molecule has 0 atom stereocenters. The number of piperidine rings is 1. The second-order valence-electron chi connectivity index (χ2n) is 6.34. The number of halogens is 1. The fourth-order valence-corrected chi connectivity index (χ4v) is 3.27. The molecule has 1 aromatic carbocycles. The van der Waals surface area contributed by atoms with Crippen LogP contribution in [0.25, 0.3) is 0 Å². The third-order valence-corrected chi connectivity index (χ3v) is 4.96. The average molecular weight is 390 g/mol. The number of carbonyl (C=O) groups is 3. The number of hydrogen-bond donors (Lipinski definition) is 2. The molecule has 0 saturated carbocycles. The molecule has 2 N–H and O–H groups in total. The number of benzene rings is 1. The molecule has 0 unspecified atom stereocenters. The van der Waals surface area contributed by atoms with Gasteiger partial charge in [0.1, 0.15) is 6.26 Å². The topological polar surface area (TPSA) is 91.7 Å². The van der Waals surface area contributed by atoms with E-state index < -0.39 is 0 Å². The van der Waals surface area contributed by atoms with Crippen molar-refractivity contribution in [3.63, 3.8) is 0 Å². The van der Waals surface area contributed by atoms with Gasteiger partial charge in [-0.15, -0.1) is 0 Å². The molecule has 142 valence electrons. The van der Waals surface area contributed by atoms with Crippen molar-refractivity contribution in [2.75, 3.05) is 25.5 Å². The smallest absolute Gasteiger partial charge is 0.257 e. The molecule has 1 saturated heterocycles. The molecule has 1 aliphatic rings. The lowest BCUT2D eigenvalue weighted by Gasteiger charge is -2.31. The van der Waals surface area contributed by atoms with Crippen LogP contribution < -0.4 is 10.6 Å². The number of carbonyl (C=O) groups excluding carboxylic acids is 3. The van der Waals surface area contributed by atoms with Gasteiger partial charge < -0.3 is 20.0 Å². The number of amides is 3. The van der Waals surface area contributed by atoms with E-state index in [4.69, 9.17) is 16.0 Å². The van der Waals surface area contributed by atoms with Gasteiger partial charge in [-0.05, 0) is 37.1 Å². The van der Waals surface area contributed by atoms with Crippen LogP contribution in [0.2, 0.25) is 5.02 Å². The molecule has 0 radical (unpaired) electrons. The average Bonchev–Trinajstić information content (AvgIpc) is 3.23. The van der Waals surface area contributed by atoms with Crippen LogP contribution in [-0.2, 0) is 4.79 Å². The van der Waals surface area contributed by atoms with Gasteiger partial charge in [0, 0.05) is 31.7 Å². The second kappa shape index (κ2) is 8.26. The molecule has 8 heteroatoms. The van der Waals surface area contributed by atoms with Crippen molar-refractivity contribution in [2.45, 2.75) is 12.8 Å². The summed E-state index contributed by atoms with van der Waals surface area (Å²) in [4.78, 5) is 38.4. The Morgan fingerprint density at radius 3 is 2.56 bits per heavy atom. The number of furan rings is 1. The van der Waals surface area contributed by atoms with E-state index in [1.807, 2.05) is 0 Å². The fraction of sp³-hybridized carbons (Fsp3) is 0.316. The lowest BCUT2D eigenvalue weighted by atomic mass is 9.95. The highest BCUT2D eigenvalue weighted by Gasteiger charge is 2.28. The summed E-state index contributed by atoms with van der Waals surface area (Å²) in [6.45, 7) is 1.01. The van der Waals surface area contributed by atoms with Gasteiger partial charge >= 0.3 is 0 Å². The molecule has 1 aliphatic heterocycles. The first-order valence-electron chi connectivity index (χ1n) is 8.63. The molecule has 0 spiro atoms. The standard InChI is InChI=1S/C19H20ClN3O4/c1-21-18(25)15-10-14(2-3-16(15)20)22-17(24)12-4-7-23(8-5-12)19(26)13-6-9-27-11-13/h2-3,6,9-12H,4-5,7-8H2,1H3,(H,21,25)(H,22,24). The summed E-state index contributed by atoms with van der Waals surface area (Å²) in [6, 6.07) is 6.42. The van der Waals surface area contributed by atoms with Gasteiger partial charge in [0.05, 0.1) is 22.4 Å². The summed E-state index contributed by atoms with van der Waals surface area (Å²) >= 11 is 6.03. The Hall–Kier alpha value is -2.80. The predicted molar refractivity (Wildman–Crippen MR) is 101 cm³/mol. The number of likely N-dealkylation sites (tertiary alicyclic amines) is 1. The molecule has 0 bridgehead atoms. The first kappa shape index (κ1) is 19.0. The zero-order valence-corrected chi connectivity index (χ0v) is 15.6. The quantitative estimate of drug-likeness (QED) is 0.841. The van der Waals surface area contributed by atoms with Crippen LogP contribution in [0.4, 0.5) is 5.69 Å². The van der Waals surface area contributed by atoms with Crippen LogP contribution in [0.15, 0.2) is 41.2 Å². The van der Waals surface area contributed by atoms with E-state index in [0.717, 1.165) is 0 Å². The Balaban J connectivity index is 1.58. The van der Waals surface area contributed by atoms with E-state index >= 15 is 0 Å². The predicted octanol–water partition coefficient (Wildman–Crippen LogP) is 2.78. The number of nitrogens with one attached hydrogen (secondary N) is 2. The van der Waals surface area contributed by atoms with E-state index in [9.17, 15) is 14.4 Å². The summed E-state index contributed by atoms with van der Waals surface area (Å²) in [5.41, 5.74) is 1.33. The molecule has 27 heavy (non-hydrogen) atoms. The maximum Gasteiger partial charge on any atom is 0.257 e. The summed E-state index contributed by atoms with van der Waals surface area (Å²) in [5, 5.41) is 5.66. The van der Waals surface area contributed by atoms with Crippen LogP contribution >= 0.6 is 11.6 Å². The minimum Gasteiger partial charge on any atom is -0.472 e. The molecule has 7 nitrogen and oxygen atoms in total. The van der Waals surface area contributed by atoms with E-state index in [2.05, 4.69) is 10.6 Å². The third kappa shape index (κ3) is 4.31. The van der Waals surface area contributed by atoms with Crippen LogP contribution in [0.5, 0.6) is 0 Å². The Bertz CT molecular complexity index is 843. The van der Waals surface area contributed by atoms with Crippen molar-refractivity contribution in [3.8, 4) is 0 Å². The van der Waals surface area contributed by atoms with E-state index in [1.54, 1.807) is 29.2 Å². The van der Waals surface area contributed by atoms with Crippen LogP contribution in [-0.4, -0.2) is 42.8 Å². The number of nitrogens with zero attached hydrogens (tertiary/aromatic N) is 1. The Morgan fingerprint density at radius 1 is 1.19 bits per heavy atom. The van der Waals surface area contributed by atoms with Crippen molar-refractivity contribution in [1.82, 2.24) is 10.2 Å². The molecule has 0 aliphatic carbocycles. The highest BCUT2D eigenvalue weighted by Crippen LogP contribution is 2.24. The van der Waals surface area contributed by atoms with E-state index in [-0.39, 0.29) is 23.6 Å². The van der Waals surface area contributed by atoms with Crippen molar-refractivity contribution in [3.05, 3.63) is 52.9 Å². The van der Waals surface area contributed by atoms with Crippen molar-refractivity contribution in [1.29, 1.82) is 0 Å². The SMILES string of the molecule is CNC(=O)c1cc(NC(=O)C2CCN(C(=O)c3ccoc3)CC2)ccc1Cl. The van der Waals surface area contributed by atoms with Gasteiger partial charge in [-0.25, -0.2) is 0 Å². The lowest BCUT2D eigenvalue weighted by Crippen LogP contribution is -2.41. The largest absolute Gasteiger partial charge is 0.472 e. The summed E-state index contributed by atoms with van der Waals surface area (Å²) in [7, 11) is 1.52. The molecular weight excluding hydrogens is 370 g/mol. The normalized spacial score (nSPS) is 14.7. The minimum atomic E-state index is -0.317. The van der Waals surface area contributed by atoms with Crippen molar-refractivity contribution >= 4 is 35.0 Å². The molecule has 3 amide bonds. The molecule has 1 aromatic heterocycles. The Labute approximate surface area is 161 Å². The summed E-state index contributed by atoms with van der Waals surface area (Å²) in [6.07, 6.45) is 4.04. The van der Waals surface area contributed by atoms with Gasteiger partial charge in [0.15, 0.2) is 0 Å². The lowest BCUT2D eigenvalue weighted by molar-refractivity contribution is -0.121. The maximum atomic E-state index is 12.5. The monoisotopic (exact) mass is 389 g/mol. The molecular formula is C19H20ClN3O4. The number of hydrogen-bond acceptors (Lipinski definition) is 4.